The maximum absolute atomic E-state index is 13.0. The van der Waals surface area contributed by atoms with Crippen molar-refractivity contribution in [1.82, 2.24) is 0 Å². The molecule has 6 nitrogen and oxygen atoms in total. The van der Waals surface area contributed by atoms with Crippen LogP contribution in [0, 0.1) is 6.92 Å². The quantitative estimate of drug-likeness (QED) is 0.689. The summed E-state index contributed by atoms with van der Waals surface area (Å²) < 4.78 is 16.1. The van der Waals surface area contributed by atoms with Gasteiger partial charge in [0.25, 0.3) is 0 Å². The molecule has 0 bridgehead atoms. The van der Waals surface area contributed by atoms with E-state index >= 15 is 0 Å². The Morgan fingerprint density at radius 3 is 2.65 bits per heavy atom. The second-order valence-corrected chi connectivity index (χ2v) is 5.97. The maximum atomic E-state index is 13.0. The Hall–Kier alpha value is -3.02. The van der Waals surface area contributed by atoms with E-state index < -0.39 is 5.97 Å². The first kappa shape index (κ1) is 17.8. The number of aromatic hydroxyl groups is 1. The van der Waals surface area contributed by atoms with Gasteiger partial charge in [0.2, 0.25) is 11.2 Å². The zero-order chi connectivity index (χ0) is 18.8. The summed E-state index contributed by atoms with van der Waals surface area (Å²) >= 11 is 0. The lowest BCUT2D eigenvalue weighted by Crippen LogP contribution is -2.08. The largest absolute Gasteiger partial charge is 0.508 e. The summed E-state index contributed by atoms with van der Waals surface area (Å²) in [6.45, 7) is 5.56. The van der Waals surface area contributed by atoms with Gasteiger partial charge in [0, 0.05) is 6.07 Å². The minimum atomic E-state index is -0.586. The lowest BCUT2D eigenvalue weighted by Gasteiger charge is -2.08. The van der Waals surface area contributed by atoms with E-state index in [1.165, 1.54) is 12.1 Å². The van der Waals surface area contributed by atoms with Crippen molar-refractivity contribution in [3.63, 3.8) is 0 Å². The van der Waals surface area contributed by atoms with Gasteiger partial charge in [-0.3, -0.25) is 4.79 Å². The van der Waals surface area contributed by atoms with E-state index in [-0.39, 0.29) is 34.9 Å². The van der Waals surface area contributed by atoms with Gasteiger partial charge in [0.05, 0.1) is 12.0 Å². The van der Waals surface area contributed by atoms with Crippen molar-refractivity contribution in [1.29, 1.82) is 0 Å². The Labute approximate surface area is 150 Å². The minimum absolute atomic E-state index is 0.0260. The lowest BCUT2D eigenvalue weighted by atomic mass is 10.0. The Morgan fingerprint density at radius 1 is 1.19 bits per heavy atom. The highest BCUT2D eigenvalue weighted by Crippen LogP contribution is 2.30. The van der Waals surface area contributed by atoms with Crippen molar-refractivity contribution >= 4 is 16.9 Å². The number of phenolic OH excluding ortho intramolecular Hbond substituents is 1. The van der Waals surface area contributed by atoms with E-state index in [9.17, 15) is 14.7 Å². The molecule has 0 aliphatic heterocycles. The van der Waals surface area contributed by atoms with Crippen LogP contribution in [-0.4, -0.2) is 17.7 Å². The van der Waals surface area contributed by atoms with E-state index in [1.807, 2.05) is 6.92 Å². The molecule has 0 radical (unpaired) electrons. The number of benzene rings is 1. The van der Waals surface area contributed by atoms with Crippen LogP contribution in [0.15, 0.2) is 37.9 Å². The molecule has 1 N–H and O–H groups in total. The van der Waals surface area contributed by atoms with E-state index in [0.717, 1.165) is 6.42 Å². The fourth-order valence-electron chi connectivity index (χ4n) is 2.93. The summed E-state index contributed by atoms with van der Waals surface area (Å²) in [4.78, 5) is 24.8. The van der Waals surface area contributed by atoms with Crippen molar-refractivity contribution in [2.75, 3.05) is 6.61 Å². The van der Waals surface area contributed by atoms with Crippen molar-refractivity contribution in [3.8, 4) is 17.1 Å². The summed E-state index contributed by atoms with van der Waals surface area (Å²) in [5.41, 5.74) is 0.978. The smallest absolute Gasteiger partial charge is 0.374 e. The van der Waals surface area contributed by atoms with Crippen LogP contribution in [0.1, 0.15) is 42.1 Å². The molecular weight excluding hydrogens is 336 g/mol. The molecule has 6 heteroatoms. The summed E-state index contributed by atoms with van der Waals surface area (Å²) in [7, 11) is 0. The average molecular weight is 356 g/mol. The van der Waals surface area contributed by atoms with Gasteiger partial charge in [-0.05, 0) is 44.0 Å². The van der Waals surface area contributed by atoms with Gasteiger partial charge in [0.15, 0.2) is 0 Å². The number of fused-ring (bicyclic) bond motifs is 1. The molecule has 0 aliphatic carbocycles. The number of rotatable bonds is 5. The zero-order valence-corrected chi connectivity index (χ0v) is 14.9. The van der Waals surface area contributed by atoms with Crippen molar-refractivity contribution in [2.24, 2.45) is 0 Å². The maximum Gasteiger partial charge on any atom is 0.374 e. The normalized spacial score (nSPS) is 11.0. The molecule has 0 saturated heterocycles. The van der Waals surface area contributed by atoms with E-state index in [1.54, 1.807) is 26.0 Å². The highest BCUT2D eigenvalue weighted by molar-refractivity contribution is 5.88. The molecule has 0 spiro atoms. The number of carbonyl (C=O) groups is 1. The third kappa shape index (κ3) is 3.10. The molecule has 26 heavy (non-hydrogen) atoms. The minimum Gasteiger partial charge on any atom is -0.508 e. The number of ether oxygens (including phenoxy) is 1. The van der Waals surface area contributed by atoms with Crippen molar-refractivity contribution in [2.45, 2.75) is 33.6 Å². The van der Waals surface area contributed by atoms with Gasteiger partial charge < -0.3 is 18.7 Å². The first-order valence-electron chi connectivity index (χ1n) is 8.52. The van der Waals surface area contributed by atoms with Crippen LogP contribution in [0.5, 0.6) is 5.75 Å². The first-order chi connectivity index (χ1) is 12.5. The second-order valence-electron chi connectivity index (χ2n) is 5.97. The summed E-state index contributed by atoms with van der Waals surface area (Å²) in [6.07, 6.45) is 1.49. The number of furan rings is 1. The molecule has 0 aliphatic rings. The van der Waals surface area contributed by atoms with Crippen LogP contribution >= 0.6 is 0 Å². The Kier molecular flexibility index (Phi) is 4.84. The number of hydrogen-bond donors (Lipinski definition) is 1. The highest BCUT2D eigenvalue weighted by Gasteiger charge is 2.20. The van der Waals surface area contributed by atoms with Gasteiger partial charge in [-0.2, -0.15) is 0 Å². The number of phenols is 1. The Balaban J connectivity index is 2.16. The van der Waals surface area contributed by atoms with E-state index in [2.05, 4.69) is 0 Å². The standard InChI is InChI=1S/C20H20O6/c1-4-6-12-9-13-17(10-14(12)21)25-11(3)18(19(13)22)15-7-8-16(26-15)20(23)24-5-2/h7-10,21H,4-6H2,1-3H3. The molecular formula is C20H20O6. The molecule has 0 atom stereocenters. The molecule has 2 aromatic heterocycles. The molecule has 0 unspecified atom stereocenters. The SMILES string of the molecule is CCCc1cc2c(=O)c(-c3ccc(C(=O)OCC)o3)c(C)oc2cc1O. The van der Waals surface area contributed by atoms with Crippen LogP contribution in [0.25, 0.3) is 22.3 Å². The zero-order valence-electron chi connectivity index (χ0n) is 14.9. The molecule has 0 saturated carbocycles. The molecule has 136 valence electrons. The van der Waals surface area contributed by atoms with Gasteiger partial charge in [0.1, 0.15) is 28.4 Å². The van der Waals surface area contributed by atoms with Crippen LogP contribution in [0.3, 0.4) is 0 Å². The molecule has 3 aromatic rings. The molecule has 2 heterocycles. The molecule has 0 amide bonds. The topological polar surface area (TPSA) is 89.9 Å². The number of hydrogen-bond acceptors (Lipinski definition) is 6. The summed E-state index contributed by atoms with van der Waals surface area (Å²) in [5.74, 6) is 0.133. The monoisotopic (exact) mass is 356 g/mol. The fraction of sp³-hybridized carbons (Fsp3) is 0.300. The van der Waals surface area contributed by atoms with Gasteiger partial charge in [-0.15, -0.1) is 0 Å². The second kappa shape index (κ2) is 7.07. The number of esters is 1. The first-order valence-corrected chi connectivity index (χ1v) is 8.52. The third-order valence-electron chi connectivity index (χ3n) is 4.12. The van der Waals surface area contributed by atoms with Crippen LogP contribution in [0.4, 0.5) is 0 Å². The predicted octanol–water partition coefficient (Wildman–Crippen LogP) is 4.20. The van der Waals surface area contributed by atoms with Crippen LogP contribution in [0.2, 0.25) is 0 Å². The number of aryl methyl sites for hydroxylation is 2. The molecule has 3 rings (SSSR count). The Morgan fingerprint density at radius 2 is 1.96 bits per heavy atom. The van der Waals surface area contributed by atoms with E-state index in [0.29, 0.717) is 28.7 Å². The van der Waals surface area contributed by atoms with Crippen LogP contribution < -0.4 is 5.43 Å². The van der Waals surface area contributed by atoms with Gasteiger partial charge >= 0.3 is 5.97 Å². The van der Waals surface area contributed by atoms with Crippen molar-refractivity contribution < 1.29 is 23.5 Å². The predicted molar refractivity (Wildman–Crippen MR) is 96.5 cm³/mol. The molecule has 0 fully saturated rings. The molecule has 1 aromatic carbocycles. The highest BCUT2D eigenvalue weighted by atomic mass is 16.5. The average Bonchev–Trinajstić information content (AvgIpc) is 3.06. The summed E-state index contributed by atoms with van der Waals surface area (Å²) in [5, 5.41) is 10.5. The van der Waals surface area contributed by atoms with Crippen molar-refractivity contribution in [3.05, 3.63) is 51.6 Å². The lowest BCUT2D eigenvalue weighted by molar-refractivity contribution is 0.0491. The van der Waals surface area contributed by atoms with E-state index in [4.69, 9.17) is 13.6 Å². The Bertz CT molecular complexity index is 1020. The van der Waals surface area contributed by atoms with Gasteiger partial charge in [-0.25, -0.2) is 4.79 Å². The summed E-state index contributed by atoms with van der Waals surface area (Å²) in [6, 6.07) is 6.13. The third-order valence-corrected chi connectivity index (χ3v) is 4.12. The van der Waals surface area contributed by atoms with Crippen LogP contribution in [-0.2, 0) is 11.2 Å². The number of carbonyl (C=O) groups excluding carboxylic acids is 1. The van der Waals surface area contributed by atoms with Gasteiger partial charge in [-0.1, -0.05) is 13.3 Å². The fourth-order valence-corrected chi connectivity index (χ4v) is 2.93.